The first-order valence-electron chi connectivity index (χ1n) is 6.10. The largest absolute Gasteiger partial charge is 0.460 e. The molecular weight excluding hydrogens is 246 g/mol. The van der Waals surface area contributed by atoms with Crippen molar-refractivity contribution in [3.05, 3.63) is 35.6 Å². The highest BCUT2D eigenvalue weighted by atomic mass is 16.6. The summed E-state index contributed by atoms with van der Waals surface area (Å²) in [5.74, 6) is -0.251. The summed E-state index contributed by atoms with van der Waals surface area (Å²) in [6.45, 7) is 4.46. The zero-order chi connectivity index (χ0) is 13.7. The van der Waals surface area contributed by atoms with Gasteiger partial charge in [0.1, 0.15) is 12.2 Å². The quantitative estimate of drug-likeness (QED) is 0.471. The Balaban J connectivity index is 2.25. The van der Waals surface area contributed by atoms with Crippen molar-refractivity contribution in [1.29, 1.82) is 0 Å². The minimum atomic E-state index is -0.455. The van der Waals surface area contributed by atoms with Gasteiger partial charge in [0, 0.05) is 5.39 Å². The topological polar surface area (TPSA) is 61.0 Å². The van der Waals surface area contributed by atoms with Crippen molar-refractivity contribution >= 4 is 23.2 Å². The number of hydrogen-bond donors (Lipinski definition) is 0. The number of esters is 1. The maximum atomic E-state index is 11.5. The minimum absolute atomic E-state index is 0.204. The number of furan rings is 1. The van der Waals surface area contributed by atoms with Gasteiger partial charge in [-0.15, -0.1) is 0 Å². The van der Waals surface area contributed by atoms with Crippen LogP contribution in [0.1, 0.15) is 30.0 Å². The molecule has 5 nitrogen and oxygen atoms in total. The Kier molecular flexibility index (Phi) is 4.18. The second-order valence-electron chi connectivity index (χ2n) is 3.78. The second kappa shape index (κ2) is 6.04. The number of carbonyl (C=O) groups is 1. The molecular formula is C14H15NO4. The van der Waals surface area contributed by atoms with E-state index in [0.717, 1.165) is 10.9 Å². The van der Waals surface area contributed by atoms with E-state index in [1.54, 1.807) is 25.3 Å². The summed E-state index contributed by atoms with van der Waals surface area (Å²) in [5, 5.41) is 4.61. The molecule has 1 heterocycles. The van der Waals surface area contributed by atoms with E-state index in [-0.39, 0.29) is 5.76 Å². The summed E-state index contributed by atoms with van der Waals surface area (Å²) in [6, 6.07) is 7.14. The average molecular weight is 261 g/mol. The molecule has 19 heavy (non-hydrogen) atoms. The van der Waals surface area contributed by atoms with Crippen molar-refractivity contribution < 1.29 is 18.8 Å². The number of nitrogens with zero attached hydrogens (tertiary/aromatic N) is 1. The average Bonchev–Trinajstić information content (AvgIpc) is 2.82. The molecule has 0 bridgehead atoms. The van der Waals surface area contributed by atoms with Crippen LogP contribution in [0.15, 0.2) is 33.8 Å². The van der Waals surface area contributed by atoms with Crippen LogP contribution >= 0.6 is 0 Å². The van der Waals surface area contributed by atoms with Gasteiger partial charge in [0.05, 0.1) is 12.8 Å². The fraction of sp³-hybridized carbons (Fsp3) is 0.286. The Labute approximate surface area is 110 Å². The van der Waals surface area contributed by atoms with Crippen LogP contribution in [0, 0.1) is 0 Å². The Bertz CT molecular complexity index is 601. The standard InChI is InChI=1S/C14H15NO4/c1-3-17-14(16)13-8-11-7-10(9-15-18-4-2)5-6-12(11)19-13/h5-9H,3-4H2,1-2H3. The van der Waals surface area contributed by atoms with Crippen LogP contribution in [0.5, 0.6) is 0 Å². The maximum absolute atomic E-state index is 11.5. The molecule has 2 rings (SSSR count). The van der Waals surface area contributed by atoms with Gasteiger partial charge in [0.15, 0.2) is 0 Å². The fourth-order valence-electron chi connectivity index (χ4n) is 1.62. The first-order valence-corrected chi connectivity index (χ1v) is 6.10. The van der Waals surface area contributed by atoms with Gasteiger partial charge in [-0.2, -0.15) is 0 Å². The lowest BCUT2D eigenvalue weighted by atomic mass is 10.2. The zero-order valence-corrected chi connectivity index (χ0v) is 10.9. The lowest BCUT2D eigenvalue weighted by Crippen LogP contribution is -2.02. The van der Waals surface area contributed by atoms with E-state index in [1.165, 1.54) is 0 Å². The van der Waals surface area contributed by atoms with Crippen LogP contribution in [0.2, 0.25) is 0 Å². The molecule has 0 spiro atoms. The fourth-order valence-corrected chi connectivity index (χ4v) is 1.62. The van der Waals surface area contributed by atoms with Gasteiger partial charge in [-0.05, 0) is 43.7 Å². The van der Waals surface area contributed by atoms with E-state index in [2.05, 4.69) is 5.16 Å². The molecule has 0 atom stereocenters. The summed E-state index contributed by atoms with van der Waals surface area (Å²) in [4.78, 5) is 16.4. The van der Waals surface area contributed by atoms with E-state index in [9.17, 15) is 4.79 Å². The summed E-state index contributed by atoms with van der Waals surface area (Å²) < 4.78 is 10.3. The maximum Gasteiger partial charge on any atom is 0.374 e. The van der Waals surface area contributed by atoms with Gasteiger partial charge in [-0.3, -0.25) is 0 Å². The van der Waals surface area contributed by atoms with Crippen LogP contribution in [-0.4, -0.2) is 25.4 Å². The number of benzene rings is 1. The number of hydrogen-bond acceptors (Lipinski definition) is 5. The summed E-state index contributed by atoms with van der Waals surface area (Å²) in [6.07, 6.45) is 1.61. The number of carbonyl (C=O) groups excluding carboxylic acids is 1. The number of oxime groups is 1. The highest BCUT2D eigenvalue weighted by Crippen LogP contribution is 2.21. The lowest BCUT2D eigenvalue weighted by molar-refractivity contribution is 0.0492. The molecule has 5 heteroatoms. The number of rotatable bonds is 5. The van der Waals surface area contributed by atoms with Gasteiger partial charge >= 0.3 is 5.97 Å². The smallest absolute Gasteiger partial charge is 0.374 e. The van der Waals surface area contributed by atoms with Gasteiger partial charge in [0.2, 0.25) is 5.76 Å². The monoisotopic (exact) mass is 261 g/mol. The van der Waals surface area contributed by atoms with Crippen molar-refractivity contribution in [3.8, 4) is 0 Å². The molecule has 0 N–H and O–H groups in total. The van der Waals surface area contributed by atoms with E-state index in [1.807, 2.05) is 19.1 Å². The van der Waals surface area contributed by atoms with Crippen molar-refractivity contribution in [2.24, 2.45) is 5.16 Å². The highest BCUT2D eigenvalue weighted by molar-refractivity contribution is 5.94. The second-order valence-corrected chi connectivity index (χ2v) is 3.78. The van der Waals surface area contributed by atoms with E-state index < -0.39 is 5.97 Å². The molecule has 2 aromatic rings. The van der Waals surface area contributed by atoms with E-state index >= 15 is 0 Å². The van der Waals surface area contributed by atoms with E-state index in [0.29, 0.717) is 18.8 Å². The Hall–Kier alpha value is -2.30. The van der Waals surface area contributed by atoms with Gasteiger partial charge in [-0.1, -0.05) is 5.16 Å². The van der Waals surface area contributed by atoms with Crippen molar-refractivity contribution in [2.75, 3.05) is 13.2 Å². The molecule has 0 unspecified atom stereocenters. The number of fused-ring (bicyclic) bond motifs is 1. The normalized spacial score (nSPS) is 11.1. The molecule has 0 saturated carbocycles. The highest BCUT2D eigenvalue weighted by Gasteiger charge is 2.12. The van der Waals surface area contributed by atoms with Gasteiger partial charge < -0.3 is 14.0 Å². The zero-order valence-electron chi connectivity index (χ0n) is 10.9. The molecule has 1 aromatic carbocycles. The Morgan fingerprint density at radius 2 is 2.16 bits per heavy atom. The van der Waals surface area contributed by atoms with Crippen molar-refractivity contribution in [3.63, 3.8) is 0 Å². The van der Waals surface area contributed by atoms with Crippen LogP contribution in [0.3, 0.4) is 0 Å². The predicted molar refractivity (Wildman–Crippen MR) is 71.4 cm³/mol. The lowest BCUT2D eigenvalue weighted by Gasteiger charge is -1.95. The molecule has 0 radical (unpaired) electrons. The molecule has 0 fully saturated rings. The number of ether oxygens (including phenoxy) is 1. The Morgan fingerprint density at radius 1 is 1.32 bits per heavy atom. The summed E-state index contributed by atoms with van der Waals surface area (Å²) in [5.41, 5.74) is 1.51. The first-order chi connectivity index (χ1) is 9.24. The molecule has 100 valence electrons. The molecule has 0 amide bonds. The molecule has 0 aliphatic heterocycles. The van der Waals surface area contributed by atoms with Gasteiger partial charge in [0.25, 0.3) is 0 Å². The van der Waals surface area contributed by atoms with Gasteiger partial charge in [-0.25, -0.2) is 4.79 Å². The van der Waals surface area contributed by atoms with Crippen molar-refractivity contribution in [2.45, 2.75) is 13.8 Å². The first kappa shape index (κ1) is 13.1. The molecule has 0 aliphatic carbocycles. The van der Waals surface area contributed by atoms with Crippen LogP contribution < -0.4 is 0 Å². The third-order valence-corrected chi connectivity index (χ3v) is 2.42. The third-order valence-electron chi connectivity index (χ3n) is 2.42. The molecule has 0 aliphatic rings. The van der Waals surface area contributed by atoms with Crippen LogP contribution in [-0.2, 0) is 9.57 Å². The molecule has 1 aromatic heterocycles. The van der Waals surface area contributed by atoms with Crippen LogP contribution in [0.25, 0.3) is 11.0 Å². The third kappa shape index (κ3) is 3.13. The van der Waals surface area contributed by atoms with E-state index in [4.69, 9.17) is 14.0 Å². The minimum Gasteiger partial charge on any atom is -0.460 e. The summed E-state index contributed by atoms with van der Waals surface area (Å²) >= 11 is 0. The van der Waals surface area contributed by atoms with Crippen LogP contribution in [0.4, 0.5) is 0 Å². The van der Waals surface area contributed by atoms with Crippen molar-refractivity contribution in [1.82, 2.24) is 0 Å². The SMILES string of the molecule is CCON=Cc1ccc2oc(C(=O)OCC)cc2c1. The Morgan fingerprint density at radius 3 is 2.89 bits per heavy atom. The summed E-state index contributed by atoms with van der Waals surface area (Å²) in [7, 11) is 0. The predicted octanol–water partition coefficient (Wildman–Crippen LogP) is 2.98. The molecule has 0 saturated heterocycles.